The molecule has 0 unspecified atom stereocenters. The van der Waals surface area contributed by atoms with Crippen LogP contribution in [0.15, 0.2) is 223 Å². The molecular formula is C56H44N4S2. The highest BCUT2D eigenvalue weighted by molar-refractivity contribution is 8.05. The van der Waals surface area contributed by atoms with E-state index in [1.54, 1.807) is 6.08 Å². The van der Waals surface area contributed by atoms with Gasteiger partial charge in [-0.3, -0.25) is 4.99 Å². The molecule has 2 aliphatic rings. The lowest BCUT2D eigenvalue weighted by Gasteiger charge is -2.28. The number of hydrogen-bond donors (Lipinski definition) is 0. The van der Waals surface area contributed by atoms with Crippen LogP contribution >= 0.6 is 23.5 Å². The Hall–Kier alpha value is -6.73. The van der Waals surface area contributed by atoms with E-state index in [1.807, 2.05) is 72.9 Å². The van der Waals surface area contributed by atoms with Gasteiger partial charge in [-0.1, -0.05) is 165 Å². The predicted molar refractivity (Wildman–Crippen MR) is 265 cm³/mol. The Morgan fingerprint density at radius 2 is 1.42 bits per heavy atom. The number of aliphatic imine (C=N–C) groups is 3. The topological polar surface area (TPSA) is 42.0 Å². The van der Waals surface area contributed by atoms with Crippen molar-refractivity contribution in [1.82, 2.24) is 4.57 Å². The van der Waals surface area contributed by atoms with E-state index < -0.39 is 0 Å². The molecule has 1 aliphatic carbocycles. The maximum atomic E-state index is 5.05. The lowest BCUT2D eigenvalue weighted by Crippen LogP contribution is -2.17. The van der Waals surface area contributed by atoms with Gasteiger partial charge in [0.05, 0.1) is 17.6 Å². The number of amidine groups is 2. The van der Waals surface area contributed by atoms with E-state index >= 15 is 0 Å². The fraction of sp³-hybridized carbons (Fsp3) is 0.0893. The molecule has 8 aromatic rings. The predicted octanol–water partition coefficient (Wildman–Crippen LogP) is 15.1. The second-order valence-corrected chi connectivity index (χ2v) is 18.2. The van der Waals surface area contributed by atoms with E-state index in [0.717, 1.165) is 33.4 Å². The Morgan fingerprint density at radius 1 is 0.694 bits per heavy atom. The Kier molecular flexibility index (Phi) is 10.3. The van der Waals surface area contributed by atoms with Gasteiger partial charge in [0.15, 0.2) is 11.7 Å². The molecule has 0 saturated carbocycles. The molecule has 0 atom stereocenters. The second kappa shape index (κ2) is 16.3. The summed E-state index contributed by atoms with van der Waals surface area (Å²) in [4.78, 5) is 19.9. The molecule has 0 radical (unpaired) electrons. The first kappa shape index (κ1) is 39.4. The van der Waals surface area contributed by atoms with Crippen LogP contribution < -0.4 is 0 Å². The number of aromatic nitrogens is 1. The smallest absolute Gasteiger partial charge is 0.161 e. The molecular weight excluding hydrogens is 793 g/mol. The lowest BCUT2D eigenvalue weighted by molar-refractivity contribution is 0.642. The van der Waals surface area contributed by atoms with E-state index in [-0.39, 0.29) is 5.41 Å². The van der Waals surface area contributed by atoms with E-state index in [2.05, 4.69) is 164 Å². The molecule has 10 rings (SSSR count). The van der Waals surface area contributed by atoms with Crippen molar-refractivity contribution in [2.45, 2.75) is 52.3 Å². The van der Waals surface area contributed by atoms with Crippen LogP contribution in [-0.2, 0) is 12.0 Å². The summed E-state index contributed by atoms with van der Waals surface area (Å²) in [6, 6.07) is 54.7. The minimum absolute atomic E-state index is 0.148. The van der Waals surface area contributed by atoms with Crippen molar-refractivity contribution in [3.63, 3.8) is 0 Å². The Labute approximate surface area is 371 Å². The summed E-state index contributed by atoms with van der Waals surface area (Å²) < 4.78 is 2.34. The zero-order valence-corrected chi connectivity index (χ0v) is 36.6. The fourth-order valence-electron chi connectivity index (χ4n) is 8.97. The number of fused-ring (bicyclic) bond motifs is 9. The molecule has 6 heteroatoms. The van der Waals surface area contributed by atoms with Crippen molar-refractivity contribution in [2.75, 3.05) is 0 Å². The Balaban J connectivity index is 1.03. The van der Waals surface area contributed by atoms with Crippen molar-refractivity contribution in [1.29, 1.82) is 0 Å². The summed E-state index contributed by atoms with van der Waals surface area (Å²) in [5.74, 6) is 1.07. The monoisotopic (exact) mass is 836 g/mol. The molecule has 4 nitrogen and oxygen atoms in total. The molecule has 2 heterocycles. The summed E-state index contributed by atoms with van der Waals surface area (Å²) in [7, 11) is 0. The summed E-state index contributed by atoms with van der Waals surface area (Å²) >= 11 is 3.82. The fourth-order valence-corrected chi connectivity index (χ4v) is 11.5. The van der Waals surface area contributed by atoms with Gasteiger partial charge in [-0.15, -0.1) is 0 Å². The standard InChI is InChI=1S/C56H44N4S2/c1-6-8-19-37(7-2)55(58-35-36-17-10-9-11-18-36)59-54(57-5)40-20-16-21-41(32-40)60-47-23-13-12-22-43(47)45-33-38(27-30-48(45)60)39-26-28-42-44-29-31-51-53(52(44)56(3,4)46(42)34-39)62-50-25-15-14-24-49(50)61-51/h6-34H,1,5,35H2,2-4H3/b19-8-,37-7+,58-55?,59-54?. The first-order valence-electron chi connectivity index (χ1n) is 20.9. The molecule has 0 spiro atoms. The molecule has 0 N–H and O–H groups in total. The van der Waals surface area contributed by atoms with E-state index in [9.17, 15) is 0 Å². The van der Waals surface area contributed by atoms with Crippen molar-refractivity contribution in [2.24, 2.45) is 15.0 Å². The quantitative estimate of drug-likeness (QED) is 0.0869. The molecule has 7 aromatic carbocycles. The zero-order valence-electron chi connectivity index (χ0n) is 35.0. The van der Waals surface area contributed by atoms with Gasteiger partial charge < -0.3 is 4.57 Å². The van der Waals surface area contributed by atoms with Crippen LogP contribution in [0.5, 0.6) is 0 Å². The summed E-state index contributed by atoms with van der Waals surface area (Å²) in [6.45, 7) is 15.1. The van der Waals surface area contributed by atoms with E-state index in [0.29, 0.717) is 18.2 Å². The van der Waals surface area contributed by atoms with Crippen LogP contribution in [-0.4, -0.2) is 23.0 Å². The number of allylic oxidation sites excluding steroid dienone is 3. The van der Waals surface area contributed by atoms with Gasteiger partial charge in [0.25, 0.3) is 0 Å². The average Bonchev–Trinajstić information content (AvgIpc) is 3.77. The number of hydrogen-bond acceptors (Lipinski definition) is 3. The highest BCUT2D eigenvalue weighted by Gasteiger charge is 2.40. The van der Waals surface area contributed by atoms with Gasteiger partial charge in [-0.2, -0.15) is 0 Å². The highest BCUT2D eigenvalue weighted by Crippen LogP contribution is 2.59. The zero-order chi connectivity index (χ0) is 42.4. The van der Waals surface area contributed by atoms with Gasteiger partial charge in [0.1, 0.15) is 0 Å². The first-order valence-corrected chi connectivity index (χ1v) is 22.5. The molecule has 62 heavy (non-hydrogen) atoms. The van der Waals surface area contributed by atoms with Crippen LogP contribution in [0.2, 0.25) is 0 Å². The summed E-state index contributed by atoms with van der Waals surface area (Å²) in [5, 5.41) is 2.40. The third-order valence-corrected chi connectivity index (χ3v) is 14.6. The van der Waals surface area contributed by atoms with Crippen molar-refractivity contribution in [3.8, 4) is 27.9 Å². The minimum Gasteiger partial charge on any atom is -0.309 e. The molecule has 0 amide bonds. The lowest BCUT2D eigenvalue weighted by atomic mass is 9.81. The van der Waals surface area contributed by atoms with Crippen LogP contribution in [0.4, 0.5) is 0 Å². The van der Waals surface area contributed by atoms with Gasteiger partial charge >= 0.3 is 0 Å². The molecule has 0 fully saturated rings. The highest BCUT2D eigenvalue weighted by atomic mass is 32.2. The summed E-state index contributed by atoms with van der Waals surface area (Å²) in [6.07, 6.45) is 7.62. The van der Waals surface area contributed by atoms with Gasteiger partial charge in [0, 0.05) is 52.6 Å². The van der Waals surface area contributed by atoms with Crippen molar-refractivity contribution < 1.29 is 0 Å². The minimum atomic E-state index is -0.148. The van der Waals surface area contributed by atoms with Gasteiger partial charge in [-0.25, -0.2) is 9.98 Å². The SMILES string of the molecule is C=C/C=C\C(=C/C)C(=NCc1ccccc1)N=C(N=C)c1cccc(-n2c3ccccc3c3cc(-c4ccc5c(c4)C(C)(C)c4c-5ccc5c4Sc4ccccc4S5)ccc32)c1. The number of rotatable bonds is 8. The van der Waals surface area contributed by atoms with E-state index in [4.69, 9.17) is 9.98 Å². The van der Waals surface area contributed by atoms with Gasteiger partial charge in [0.2, 0.25) is 0 Å². The molecule has 0 bridgehead atoms. The molecule has 1 aromatic heterocycles. The number of benzene rings is 7. The first-order chi connectivity index (χ1) is 30.4. The third kappa shape index (κ3) is 6.90. The molecule has 1 aliphatic heterocycles. The summed E-state index contributed by atoms with van der Waals surface area (Å²) in [5.41, 5.74) is 13.9. The molecule has 300 valence electrons. The average molecular weight is 837 g/mol. The van der Waals surface area contributed by atoms with E-state index in [1.165, 1.54) is 63.7 Å². The second-order valence-electron chi connectivity index (χ2n) is 16.0. The van der Waals surface area contributed by atoms with Crippen LogP contribution in [0.3, 0.4) is 0 Å². The van der Waals surface area contributed by atoms with Crippen molar-refractivity contribution in [3.05, 3.63) is 210 Å². The number of para-hydroxylation sites is 1. The van der Waals surface area contributed by atoms with Crippen LogP contribution in [0.25, 0.3) is 49.7 Å². The maximum Gasteiger partial charge on any atom is 0.161 e. The normalized spacial score (nSPS) is 14.5. The van der Waals surface area contributed by atoms with Crippen molar-refractivity contribution >= 4 is 63.7 Å². The number of nitrogens with zero attached hydrogens (tertiary/aromatic N) is 4. The third-order valence-electron chi connectivity index (χ3n) is 12.0. The van der Waals surface area contributed by atoms with Gasteiger partial charge in [-0.05, 0) is 107 Å². The Morgan fingerprint density at radius 3 is 2.23 bits per heavy atom. The molecule has 0 saturated heterocycles. The Bertz CT molecular complexity index is 3230. The largest absolute Gasteiger partial charge is 0.309 e. The maximum absolute atomic E-state index is 5.05. The van der Waals surface area contributed by atoms with Crippen LogP contribution in [0, 0.1) is 0 Å². The van der Waals surface area contributed by atoms with Crippen LogP contribution in [0.1, 0.15) is 43.0 Å².